The summed E-state index contributed by atoms with van der Waals surface area (Å²) in [6.07, 6.45) is 4.46. The van der Waals surface area contributed by atoms with Gasteiger partial charge in [-0.3, -0.25) is 0 Å². The fourth-order valence-electron chi connectivity index (χ4n) is 1.46. The van der Waals surface area contributed by atoms with Crippen molar-refractivity contribution in [1.29, 1.82) is 0 Å². The summed E-state index contributed by atoms with van der Waals surface area (Å²) in [7, 11) is 1.85. The van der Waals surface area contributed by atoms with Gasteiger partial charge in [0.1, 0.15) is 19.0 Å². The standard InChI is InChI=1S/C9H9ClN10/c1-19-5-13-18-6(19)2-12-8-15-7(10)16-9(17-8)20-4-11-3-14-20/h3-5H,2H2,1H3,(H,12,15,16,17). The predicted octanol–water partition coefficient (Wildman–Crippen LogP) is -0.154. The van der Waals surface area contributed by atoms with Gasteiger partial charge in [-0.1, -0.05) is 0 Å². The van der Waals surface area contributed by atoms with Crippen LogP contribution in [0.25, 0.3) is 5.95 Å². The molecule has 3 aromatic rings. The quantitative estimate of drug-likeness (QED) is 0.706. The molecule has 102 valence electrons. The van der Waals surface area contributed by atoms with Crippen molar-refractivity contribution >= 4 is 17.5 Å². The van der Waals surface area contributed by atoms with Crippen LogP contribution in [0.15, 0.2) is 19.0 Å². The van der Waals surface area contributed by atoms with Crippen LogP contribution in [0.1, 0.15) is 5.82 Å². The van der Waals surface area contributed by atoms with E-state index in [0.717, 1.165) is 5.82 Å². The Hall–Kier alpha value is -2.62. The van der Waals surface area contributed by atoms with Crippen LogP contribution in [0, 0.1) is 0 Å². The number of hydrogen-bond acceptors (Lipinski definition) is 8. The third kappa shape index (κ3) is 2.54. The van der Waals surface area contributed by atoms with E-state index in [-0.39, 0.29) is 11.2 Å². The maximum Gasteiger partial charge on any atom is 0.258 e. The fourth-order valence-corrected chi connectivity index (χ4v) is 1.61. The molecule has 0 aliphatic heterocycles. The average Bonchev–Trinajstić information content (AvgIpc) is 3.07. The first-order valence-electron chi connectivity index (χ1n) is 5.55. The molecule has 11 heteroatoms. The maximum atomic E-state index is 5.86. The lowest BCUT2D eigenvalue weighted by atomic mass is 10.6. The SMILES string of the molecule is Cn1cnnc1CNc1nc(Cl)nc(-n2cncn2)n1. The molecule has 0 saturated heterocycles. The number of halogens is 1. The molecular weight excluding hydrogens is 284 g/mol. The monoisotopic (exact) mass is 292 g/mol. The van der Waals surface area contributed by atoms with Crippen molar-refractivity contribution in [3.8, 4) is 5.95 Å². The summed E-state index contributed by atoms with van der Waals surface area (Å²) < 4.78 is 3.18. The van der Waals surface area contributed by atoms with Crippen molar-refractivity contribution in [2.24, 2.45) is 7.05 Å². The normalized spacial score (nSPS) is 10.7. The van der Waals surface area contributed by atoms with E-state index in [9.17, 15) is 0 Å². The first-order chi connectivity index (χ1) is 9.72. The van der Waals surface area contributed by atoms with Gasteiger partial charge in [-0.2, -0.15) is 24.7 Å². The minimum Gasteiger partial charge on any atom is -0.347 e. The van der Waals surface area contributed by atoms with Crippen LogP contribution in [0.5, 0.6) is 0 Å². The molecule has 3 rings (SSSR count). The van der Waals surface area contributed by atoms with Gasteiger partial charge in [-0.05, 0) is 11.6 Å². The maximum absolute atomic E-state index is 5.86. The van der Waals surface area contributed by atoms with E-state index in [0.29, 0.717) is 12.5 Å². The number of nitrogens with zero attached hydrogens (tertiary/aromatic N) is 9. The Morgan fingerprint density at radius 3 is 2.85 bits per heavy atom. The summed E-state index contributed by atoms with van der Waals surface area (Å²) in [5.41, 5.74) is 0. The molecule has 10 nitrogen and oxygen atoms in total. The first-order valence-corrected chi connectivity index (χ1v) is 5.93. The highest BCUT2D eigenvalue weighted by Gasteiger charge is 2.08. The Labute approximate surface area is 117 Å². The van der Waals surface area contributed by atoms with E-state index in [1.165, 1.54) is 17.3 Å². The number of rotatable bonds is 4. The Bertz CT molecular complexity index is 705. The van der Waals surface area contributed by atoms with Gasteiger partial charge in [-0.25, -0.2) is 4.98 Å². The van der Waals surface area contributed by atoms with Crippen molar-refractivity contribution < 1.29 is 0 Å². The number of hydrogen-bond donors (Lipinski definition) is 1. The number of aryl methyl sites for hydroxylation is 1. The lowest BCUT2D eigenvalue weighted by molar-refractivity contribution is 0.781. The van der Waals surface area contributed by atoms with Crippen LogP contribution in [-0.4, -0.2) is 44.5 Å². The molecule has 0 saturated carbocycles. The highest BCUT2D eigenvalue weighted by atomic mass is 35.5. The summed E-state index contributed by atoms with van der Waals surface area (Å²) in [5, 5.41) is 14.7. The second-order valence-corrected chi connectivity index (χ2v) is 4.12. The van der Waals surface area contributed by atoms with E-state index in [4.69, 9.17) is 11.6 Å². The number of aromatic nitrogens is 9. The molecule has 0 amide bonds. The zero-order chi connectivity index (χ0) is 13.9. The summed E-state index contributed by atoms with van der Waals surface area (Å²) >= 11 is 5.86. The van der Waals surface area contributed by atoms with Crippen LogP contribution in [0.3, 0.4) is 0 Å². The Balaban J connectivity index is 1.81. The van der Waals surface area contributed by atoms with E-state index < -0.39 is 0 Å². The molecule has 0 atom stereocenters. The van der Waals surface area contributed by atoms with Gasteiger partial charge >= 0.3 is 0 Å². The molecule has 20 heavy (non-hydrogen) atoms. The molecule has 0 unspecified atom stereocenters. The highest BCUT2D eigenvalue weighted by Crippen LogP contribution is 2.09. The van der Waals surface area contributed by atoms with E-state index >= 15 is 0 Å². The molecule has 0 bridgehead atoms. The Kier molecular flexibility index (Phi) is 3.21. The zero-order valence-electron chi connectivity index (χ0n) is 10.3. The van der Waals surface area contributed by atoms with Crippen molar-refractivity contribution in [1.82, 2.24) is 44.5 Å². The smallest absolute Gasteiger partial charge is 0.258 e. The third-order valence-electron chi connectivity index (χ3n) is 2.43. The van der Waals surface area contributed by atoms with E-state index in [1.807, 2.05) is 7.05 Å². The van der Waals surface area contributed by atoms with Gasteiger partial charge in [0.25, 0.3) is 5.95 Å². The van der Waals surface area contributed by atoms with Crippen molar-refractivity contribution in [2.75, 3.05) is 5.32 Å². The van der Waals surface area contributed by atoms with E-state index in [1.54, 1.807) is 10.9 Å². The Morgan fingerprint density at radius 1 is 1.25 bits per heavy atom. The summed E-state index contributed by atoms with van der Waals surface area (Å²) in [5.74, 6) is 1.34. The molecule has 1 N–H and O–H groups in total. The fraction of sp³-hybridized carbons (Fsp3) is 0.222. The molecule has 3 aromatic heterocycles. The predicted molar refractivity (Wildman–Crippen MR) is 68.1 cm³/mol. The minimum atomic E-state index is 0.0611. The summed E-state index contributed by atoms with van der Waals surface area (Å²) in [4.78, 5) is 16.0. The number of nitrogens with one attached hydrogen (secondary N) is 1. The highest BCUT2D eigenvalue weighted by molar-refractivity contribution is 6.28. The van der Waals surface area contributed by atoms with Crippen LogP contribution in [0.2, 0.25) is 5.28 Å². The van der Waals surface area contributed by atoms with Gasteiger partial charge < -0.3 is 9.88 Å². The van der Waals surface area contributed by atoms with Crippen LogP contribution in [0.4, 0.5) is 5.95 Å². The molecule has 0 aliphatic carbocycles. The second kappa shape index (κ2) is 5.17. The molecule has 0 fully saturated rings. The molecule has 0 spiro atoms. The summed E-state index contributed by atoms with van der Waals surface area (Å²) in [6, 6.07) is 0. The first kappa shape index (κ1) is 12.4. The number of anilines is 1. The summed E-state index contributed by atoms with van der Waals surface area (Å²) in [6.45, 7) is 0.410. The van der Waals surface area contributed by atoms with Gasteiger partial charge in [-0.15, -0.1) is 10.2 Å². The molecule has 3 heterocycles. The average molecular weight is 293 g/mol. The molecule has 0 radical (unpaired) electrons. The van der Waals surface area contributed by atoms with Crippen LogP contribution in [-0.2, 0) is 13.6 Å². The van der Waals surface area contributed by atoms with Gasteiger partial charge in [0, 0.05) is 7.05 Å². The van der Waals surface area contributed by atoms with Crippen LogP contribution < -0.4 is 5.32 Å². The molecule has 0 aromatic carbocycles. The molecule has 0 aliphatic rings. The van der Waals surface area contributed by atoms with Gasteiger partial charge in [0.2, 0.25) is 11.2 Å². The van der Waals surface area contributed by atoms with Crippen molar-refractivity contribution in [3.05, 3.63) is 30.1 Å². The lowest BCUT2D eigenvalue weighted by Crippen LogP contribution is -2.11. The zero-order valence-corrected chi connectivity index (χ0v) is 11.1. The largest absolute Gasteiger partial charge is 0.347 e. The lowest BCUT2D eigenvalue weighted by Gasteiger charge is -2.05. The van der Waals surface area contributed by atoms with Crippen molar-refractivity contribution in [3.63, 3.8) is 0 Å². The second-order valence-electron chi connectivity index (χ2n) is 3.78. The van der Waals surface area contributed by atoms with Crippen molar-refractivity contribution in [2.45, 2.75) is 6.54 Å². The Morgan fingerprint density at radius 2 is 2.15 bits per heavy atom. The van der Waals surface area contributed by atoms with Crippen LogP contribution >= 0.6 is 11.6 Å². The van der Waals surface area contributed by atoms with E-state index in [2.05, 4.69) is 40.5 Å². The topological polar surface area (TPSA) is 112 Å². The van der Waals surface area contributed by atoms with Gasteiger partial charge in [0.15, 0.2) is 5.82 Å². The minimum absolute atomic E-state index is 0.0611. The van der Waals surface area contributed by atoms with Gasteiger partial charge in [0.05, 0.1) is 6.54 Å². The third-order valence-corrected chi connectivity index (χ3v) is 2.60. The molecular formula is C9H9ClN10.